The number of halogens is 3. The Morgan fingerprint density at radius 1 is 1.26 bits per heavy atom. The maximum Gasteiger partial charge on any atom is 0.134 e. The smallest absolute Gasteiger partial charge is 0.134 e. The van der Waals surface area contributed by atoms with E-state index in [4.69, 9.17) is 23.2 Å². The number of hydrogen-bond donors (Lipinski definition) is 1. The van der Waals surface area contributed by atoms with Crippen molar-refractivity contribution in [3.8, 4) is 11.1 Å². The predicted molar refractivity (Wildman–Crippen MR) is 91.4 cm³/mol. The highest BCUT2D eigenvalue weighted by Crippen LogP contribution is 2.37. The average Bonchev–Trinajstić information content (AvgIpc) is 3.30. The van der Waals surface area contributed by atoms with E-state index in [9.17, 15) is 9.50 Å². The SMILES string of the molecule is Cc1ccc(-c2cc(Cl)nc(Cl)c2CCC(O)C2CC2)c(F)c1. The van der Waals surface area contributed by atoms with Crippen LogP contribution in [0.5, 0.6) is 0 Å². The first-order valence-corrected chi connectivity index (χ1v) is 8.51. The summed E-state index contributed by atoms with van der Waals surface area (Å²) in [5.41, 5.74) is 2.69. The number of hydrogen-bond acceptors (Lipinski definition) is 2. The zero-order chi connectivity index (χ0) is 16.6. The summed E-state index contributed by atoms with van der Waals surface area (Å²) in [6, 6.07) is 6.71. The molecule has 2 aromatic rings. The molecule has 1 unspecified atom stereocenters. The molecule has 122 valence electrons. The Labute approximate surface area is 145 Å². The second-order valence-electron chi connectivity index (χ2n) is 6.19. The number of aromatic nitrogens is 1. The minimum atomic E-state index is -0.336. The van der Waals surface area contributed by atoms with Crippen LogP contribution in [0.15, 0.2) is 24.3 Å². The number of aliphatic hydroxyl groups is 1. The first-order chi connectivity index (χ1) is 11.0. The highest BCUT2D eigenvalue weighted by molar-refractivity contribution is 6.33. The van der Waals surface area contributed by atoms with E-state index in [1.165, 1.54) is 6.07 Å². The molecule has 1 aromatic heterocycles. The molecule has 0 spiro atoms. The van der Waals surface area contributed by atoms with Crippen LogP contribution in [0.2, 0.25) is 10.3 Å². The summed E-state index contributed by atoms with van der Waals surface area (Å²) < 4.78 is 14.4. The van der Waals surface area contributed by atoms with Crippen LogP contribution in [0.1, 0.15) is 30.4 Å². The lowest BCUT2D eigenvalue weighted by atomic mass is 9.95. The number of pyridine rings is 1. The summed E-state index contributed by atoms with van der Waals surface area (Å²) in [4.78, 5) is 4.07. The topological polar surface area (TPSA) is 33.1 Å². The number of aliphatic hydroxyl groups excluding tert-OH is 1. The van der Waals surface area contributed by atoms with Crippen molar-refractivity contribution in [2.75, 3.05) is 0 Å². The molecule has 1 fully saturated rings. The van der Waals surface area contributed by atoms with Crippen LogP contribution >= 0.6 is 23.2 Å². The molecule has 0 aliphatic heterocycles. The molecule has 1 aliphatic carbocycles. The summed E-state index contributed by atoms with van der Waals surface area (Å²) in [5.74, 6) is 0.0842. The van der Waals surface area contributed by atoms with Crippen molar-refractivity contribution >= 4 is 23.2 Å². The monoisotopic (exact) mass is 353 g/mol. The van der Waals surface area contributed by atoms with Gasteiger partial charge >= 0.3 is 0 Å². The molecule has 1 aliphatic rings. The Morgan fingerprint density at radius 2 is 2.00 bits per heavy atom. The molecule has 1 N–H and O–H groups in total. The van der Waals surface area contributed by atoms with Gasteiger partial charge in [0.15, 0.2) is 0 Å². The third kappa shape index (κ3) is 3.85. The fraction of sp³-hybridized carbons (Fsp3) is 0.389. The highest BCUT2D eigenvalue weighted by atomic mass is 35.5. The van der Waals surface area contributed by atoms with Crippen molar-refractivity contribution in [1.82, 2.24) is 4.98 Å². The zero-order valence-corrected chi connectivity index (χ0v) is 14.3. The van der Waals surface area contributed by atoms with Gasteiger partial charge in [0.2, 0.25) is 0 Å². The fourth-order valence-corrected chi connectivity index (χ4v) is 3.36. The van der Waals surface area contributed by atoms with Crippen LogP contribution in [0.4, 0.5) is 4.39 Å². The van der Waals surface area contributed by atoms with Gasteiger partial charge < -0.3 is 5.11 Å². The maximum absolute atomic E-state index is 14.4. The molecule has 3 rings (SSSR count). The normalized spacial score (nSPS) is 15.7. The lowest BCUT2D eigenvalue weighted by molar-refractivity contribution is 0.142. The lowest BCUT2D eigenvalue weighted by Crippen LogP contribution is -2.11. The van der Waals surface area contributed by atoms with Gasteiger partial charge in [0, 0.05) is 5.56 Å². The maximum atomic E-state index is 14.4. The predicted octanol–water partition coefficient (Wildman–Crippen LogP) is 5.21. The molecule has 1 atom stereocenters. The summed E-state index contributed by atoms with van der Waals surface area (Å²) in [6.45, 7) is 1.84. The van der Waals surface area contributed by atoms with Crippen LogP contribution in [0.3, 0.4) is 0 Å². The number of nitrogens with zero attached hydrogens (tertiary/aromatic N) is 1. The average molecular weight is 354 g/mol. The van der Waals surface area contributed by atoms with E-state index in [-0.39, 0.29) is 22.2 Å². The third-order valence-electron chi connectivity index (χ3n) is 4.31. The molecular formula is C18H18Cl2FNO. The summed E-state index contributed by atoms with van der Waals surface area (Å²) in [5, 5.41) is 10.6. The van der Waals surface area contributed by atoms with E-state index < -0.39 is 0 Å². The Balaban J connectivity index is 1.97. The first-order valence-electron chi connectivity index (χ1n) is 7.75. The second kappa shape index (κ2) is 6.76. The van der Waals surface area contributed by atoms with Crippen molar-refractivity contribution < 1.29 is 9.50 Å². The van der Waals surface area contributed by atoms with Gasteiger partial charge in [0.1, 0.15) is 16.1 Å². The van der Waals surface area contributed by atoms with Gasteiger partial charge in [-0.15, -0.1) is 0 Å². The quantitative estimate of drug-likeness (QED) is 0.748. The van der Waals surface area contributed by atoms with E-state index in [1.807, 2.05) is 13.0 Å². The Hall–Kier alpha value is -1.16. The minimum Gasteiger partial charge on any atom is -0.393 e. The van der Waals surface area contributed by atoms with Gasteiger partial charge in [-0.3, -0.25) is 0 Å². The van der Waals surface area contributed by atoms with Crippen LogP contribution in [-0.4, -0.2) is 16.2 Å². The molecule has 0 bridgehead atoms. The van der Waals surface area contributed by atoms with E-state index in [0.29, 0.717) is 29.9 Å². The third-order valence-corrected chi connectivity index (χ3v) is 4.82. The van der Waals surface area contributed by atoms with Crippen molar-refractivity contribution in [3.63, 3.8) is 0 Å². The van der Waals surface area contributed by atoms with Crippen molar-refractivity contribution in [3.05, 3.63) is 51.5 Å². The van der Waals surface area contributed by atoms with Gasteiger partial charge in [-0.25, -0.2) is 9.37 Å². The number of rotatable bonds is 5. The van der Waals surface area contributed by atoms with Crippen LogP contribution in [0, 0.1) is 18.7 Å². The van der Waals surface area contributed by atoms with Gasteiger partial charge in [0.25, 0.3) is 0 Å². The molecule has 1 heterocycles. The van der Waals surface area contributed by atoms with Crippen molar-refractivity contribution in [2.24, 2.45) is 5.92 Å². The minimum absolute atomic E-state index is 0.233. The van der Waals surface area contributed by atoms with E-state index in [1.54, 1.807) is 12.1 Å². The Bertz CT molecular complexity index is 731. The molecule has 1 saturated carbocycles. The van der Waals surface area contributed by atoms with E-state index >= 15 is 0 Å². The summed E-state index contributed by atoms with van der Waals surface area (Å²) >= 11 is 12.3. The van der Waals surface area contributed by atoms with Crippen molar-refractivity contribution in [1.29, 1.82) is 0 Å². The largest absolute Gasteiger partial charge is 0.393 e. The van der Waals surface area contributed by atoms with Crippen LogP contribution < -0.4 is 0 Å². The molecule has 5 heteroatoms. The molecule has 1 aromatic carbocycles. The Kier molecular flexibility index (Phi) is 4.90. The van der Waals surface area contributed by atoms with Gasteiger partial charge in [-0.05, 0) is 67.3 Å². The lowest BCUT2D eigenvalue weighted by Gasteiger charge is -2.15. The van der Waals surface area contributed by atoms with Crippen LogP contribution in [-0.2, 0) is 6.42 Å². The van der Waals surface area contributed by atoms with Gasteiger partial charge in [-0.1, -0.05) is 35.3 Å². The van der Waals surface area contributed by atoms with E-state index in [2.05, 4.69) is 4.98 Å². The zero-order valence-electron chi connectivity index (χ0n) is 12.8. The highest BCUT2D eigenvalue weighted by Gasteiger charge is 2.29. The summed E-state index contributed by atoms with van der Waals surface area (Å²) in [7, 11) is 0. The molecule has 0 radical (unpaired) electrons. The van der Waals surface area contributed by atoms with Crippen molar-refractivity contribution in [2.45, 2.75) is 38.7 Å². The van der Waals surface area contributed by atoms with E-state index in [0.717, 1.165) is 24.0 Å². The standard InChI is InChI=1S/C18H18Cl2FNO/c1-10-2-5-12(15(21)8-10)14-9-17(19)22-18(20)13(14)6-7-16(23)11-3-4-11/h2,5,8-9,11,16,23H,3-4,6-7H2,1H3. The number of aryl methyl sites for hydroxylation is 1. The Morgan fingerprint density at radius 3 is 2.65 bits per heavy atom. The number of benzene rings is 1. The summed E-state index contributed by atoms with van der Waals surface area (Å²) in [6.07, 6.45) is 2.95. The van der Waals surface area contributed by atoms with Crippen LogP contribution in [0.25, 0.3) is 11.1 Å². The van der Waals surface area contributed by atoms with Gasteiger partial charge in [-0.2, -0.15) is 0 Å². The molecule has 0 amide bonds. The second-order valence-corrected chi connectivity index (χ2v) is 6.93. The van der Waals surface area contributed by atoms with Gasteiger partial charge in [0.05, 0.1) is 6.10 Å². The fourth-order valence-electron chi connectivity index (χ4n) is 2.84. The molecule has 2 nitrogen and oxygen atoms in total. The molecule has 0 saturated heterocycles. The first kappa shape index (κ1) is 16.7. The molecular weight excluding hydrogens is 336 g/mol. The molecule has 23 heavy (non-hydrogen) atoms.